The number of aromatic nitrogens is 2. The highest BCUT2D eigenvalue weighted by Gasteiger charge is 2.21. The summed E-state index contributed by atoms with van der Waals surface area (Å²) in [6.07, 6.45) is 2.30. The minimum atomic E-state index is 0.345. The molecule has 0 bridgehead atoms. The molecule has 1 aromatic heterocycles. The lowest BCUT2D eigenvalue weighted by Gasteiger charge is -2.33. The van der Waals surface area contributed by atoms with Gasteiger partial charge in [0.15, 0.2) is 0 Å². The largest absolute Gasteiger partial charge is 0.383 e. The molecule has 2 heterocycles. The molecule has 2 aromatic carbocycles. The lowest BCUT2D eigenvalue weighted by molar-refractivity contribution is 0.208. The first-order chi connectivity index (χ1) is 12.3. The number of likely N-dealkylation sites (tertiary alicyclic amines) is 1. The van der Waals surface area contributed by atoms with Gasteiger partial charge in [0, 0.05) is 24.5 Å². The monoisotopic (exact) mass is 333 g/mol. The molecular weight excluding hydrogens is 310 g/mol. The molecule has 128 valence electrons. The summed E-state index contributed by atoms with van der Waals surface area (Å²) in [4.78, 5) is 11.5. The number of nitrogens with one attached hydrogen (secondary N) is 1. The molecule has 5 nitrogen and oxygen atoms in total. The Labute approximate surface area is 147 Å². The lowest BCUT2D eigenvalue weighted by atomic mass is 10.0. The molecule has 1 atom stereocenters. The molecule has 0 aliphatic carbocycles. The standard InChI is InChI=1S/C20H23N5/c21-19-17-10-4-5-11-18(17)23-20(24-19)22-16-9-6-12-25(14-16)13-15-7-2-1-3-8-15/h1-5,7-8,10-11,16H,6,9,12-14H2,(H3,21,22,23,24)/t16-/m1/s1. The molecule has 5 heteroatoms. The highest BCUT2D eigenvalue weighted by Crippen LogP contribution is 2.21. The Morgan fingerprint density at radius 3 is 2.72 bits per heavy atom. The summed E-state index contributed by atoms with van der Waals surface area (Å²) in [6, 6.07) is 18.8. The second kappa shape index (κ2) is 7.07. The van der Waals surface area contributed by atoms with E-state index in [0.29, 0.717) is 17.8 Å². The minimum Gasteiger partial charge on any atom is -0.383 e. The average Bonchev–Trinajstić information content (AvgIpc) is 2.63. The third kappa shape index (κ3) is 3.72. The number of benzene rings is 2. The second-order valence-electron chi connectivity index (χ2n) is 6.65. The van der Waals surface area contributed by atoms with Crippen LogP contribution in [0, 0.1) is 0 Å². The molecule has 3 N–H and O–H groups in total. The molecular formula is C20H23N5. The Bertz CT molecular complexity index is 849. The van der Waals surface area contributed by atoms with Crippen LogP contribution in [-0.2, 0) is 6.54 Å². The average molecular weight is 333 g/mol. The predicted molar refractivity (Wildman–Crippen MR) is 102 cm³/mol. The van der Waals surface area contributed by atoms with E-state index in [4.69, 9.17) is 5.73 Å². The van der Waals surface area contributed by atoms with Gasteiger partial charge in [0.25, 0.3) is 0 Å². The SMILES string of the molecule is Nc1nc(N[C@@H]2CCCN(Cc3ccccc3)C2)nc2ccccc12. The molecule has 1 aliphatic rings. The van der Waals surface area contributed by atoms with Crippen molar-refractivity contribution in [2.24, 2.45) is 0 Å². The Morgan fingerprint density at radius 2 is 1.84 bits per heavy atom. The first-order valence-electron chi connectivity index (χ1n) is 8.83. The van der Waals surface area contributed by atoms with E-state index in [9.17, 15) is 0 Å². The number of para-hydroxylation sites is 1. The van der Waals surface area contributed by atoms with Crippen molar-refractivity contribution in [1.82, 2.24) is 14.9 Å². The van der Waals surface area contributed by atoms with Crippen molar-refractivity contribution < 1.29 is 0 Å². The van der Waals surface area contributed by atoms with Crippen LogP contribution in [0.4, 0.5) is 11.8 Å². The number of hydrogen-bond donors (Lipinski definition) is 2. The summed E-state index contributed by atoms with van der Waals surface area (Å²) in [5, 5.41) is 4.39. The maximum atomic E-state index is 6.09. The van der Waals surface area contributed by atoms with Gasteiger partial charge in [0.2, 0.25) is 5.95 Å². The van der Waals surface area contributed by atoms with Crippen molar-refractivity contribution in [2.45, 2.75) is 25.4 Å². The number of nitrogens with zero attached hydrogens (tertiary/aromatic N) is 3. The normalized spacial score (nSPS) is 18.3. The number of anilines is 2. The number of nitrogens with two attached hydrogens (primary N) is 1. The van der Waals surface area contributed by atoms with Crippen LogP contribution in [0.5, 0.6) is 0 Å². The van der Waals surface area contributed by atoms with Gasteiger partial charge < -0.3 is 11.1 Å². The van der Waals surface area contributed by atoms with Crippen LogP contribution in [0.15, 0.2) is 54.6 Å². The Morgan fingerprint density at radius 1 is 1.04 bits per heavy atom. The van der Waals surface area contributed by atoms with Gasteiger partial charge in [-0.3, -0.25) is 4.90 Å². The Kier molecular flexibility index (Phi) is 4.48. The third-order valence-corrected chi connectivity index (χ3v) is 4.72. The van der Waals surface area contributed by atoms with Crippen molar-refractivity contribution in [3.05, 3.63) is 60.2 Å². The summed E-state index contributed by atoms with van der Waals surface area (Å²) in [5.74, 6) is 1.16. The van der Waals surface area contributed by atoms with Crippen LogP contribution in [-0.4, -0.2) is 34.0 Å². The van der Waals surface area contributed by atoms with E-state index in [1.54, 1.807) is 0 Å². The van der Waals surface area contributed by atoms with Crippen LogP contribution in [0.1, 0.15) is 18.4 Å². The molecule has 0 radical (unpaired) electrons. The zero-order valence-corrected chi connectivity index (χ0v) is 14.2. The van der Waals surface area contributed by atoms with Crippen molar-refractivity contribution in [2.75, 3.05) is 24.1 Å². The van der Waals surface area contributed by atoms with Crippen LogP contribution in [0.2, 0.25) is 0 Å². The zero-order chi connectivity index (χ0) is 17.1. The highest BCUT2D eigenvalue weighted by molar-refractivity contribution is 5.88. The fourth-order valence-electron chi connectivity index (χ4n) is 3.51. The van der Waals surface area contributed by atoms with Crippen LogP contribution in [0.3, 0.4) is 0 Å². The quantitative estimate of drug-likeness (QED) is 0.767. The number of rotatable bonds is 4. The highest BCUT2D eigenvalue weighted by atomic mass is 15.2. The molecule has 0 saturated carbocycles. The van der Waals surface area contributed by atoms with E-state index in [1.165, 1.54) is 12.0 Å². The molecule has 0 unspecified atom stereocenters. The molecule has 0 spiro atoms. The van der Waals surface area contributed by atoms with Gasteiger partial charge in [-0.1, -0.05) is 42.5 Å². The van der Waals surface area contributed by atoms with Gasteiger partial charge >= 0.3 is 0 Å². The third-order valence-electron chi connectivity index (χ3n) is 4.72. The summed E-state index contributed by atoms with van der Waals surface area (Å²) in [7, 11) is 0. The van der Waals surface area contributed by atoms with Gasteiger partial charge in [-0.25, -0.2) is 4.98 Å². The Hall–Kier alpha value is -2.66. The first-order valence-corrected chi connectivity index (χ1v) is 8.83. The van der Waals surface area contributed by atoms with E-state index in [-0.39, 0.29) is 0 Å². The number of hydrogen-bond acceptors (Lipinski definition) is 5. The summed E-state index contributed by atoms with van der Waals surface area (Å²) in [6.45, 7) is 3.11. The molecule has 25 heavy (non-hydrogen) atoms. The summed E-state index contributed by atoms with van der Waals surface area (Å²) < 4.78 is 0. The maximum Gasteiger partial charge on any atom is 0.225 e. The first kappa shape index (κ1) is 15.8. The van der Waals surface area contributed by atoms with Gasteiger partial charge in [0.05, 0.1) is 5.52 Å². The smallest absolute Gasteiger partial charge is 0.225 e. The van der Waals surface area contributed by atoms with Gasteiger partial charge in [-0.05, 0) is 37.1 Å². The predicted octanol–water partition coefficient (Wildman–Crippen LogP) is 3.29. The number of piperidine rings is 1. The van der Waals surface area contributed by atoms with E-state index in [1.807, 2.05) is 24.3 Å². The lowest BCUT2D eigenvalue weighted by Crippen LogP contribution is -2.41. The fraction of sp³-hybridized carbons (Fsp3) is 0.300. The van der Waals surface area contributed by atoms with Crippen molar-refractivity contribution in [3.8, 4) is 0 Å². The number of nitrogen functional groups attached to an aromatic ring is 1. The van der Waals surface area contributed by atoms with E-state index >= 15 is 0 Å². The second-order valence-corrected chi connectivity index (χ2v) is 6.65. The van der Waals surface area contributed by atoms with Crippen LogP contribution >= 0.6 is 0 Å². The molecule has 4 rings (SSSR count). The maximum absolute atomic E-state index is 6.09. The van der Waals surface area contributed by atoms with Gasteiger partial charge in [-0.15, -0.1) is 0 Å². The molecule has 1 fully saturated rings. The molecule has 1 saturated heterocycles. The van der Waals surface area contributed by atoms with E-state index in [2.05, 4.69) is 50.5 Å². The summed E-state index contributed by atoms with van der Waals surface area (Å²) in [5.41, 5.74) is 8.33. The summed E-state index contributed by atoms with van der Waals surface area (Å²) >= 11 is 0. The zero-order valence-electron chi connectivity index (χ0n) is 14.2. The van der Waals surface area contributed by atoms with Gasteiger partial charge in [0.1, 0.15) is 5.82 Å². The number of fused-ring (bicyclic) bond motifs is 1. The van der Waals surface area contributed by atoms with E-state index < -0.39 is 0 Å². The molecule has 0 amide bonds. The van der Waals surface area contributed by atoms with Crippen LogP contribution < -0.4 is 11.1 Å². The molecule has 3 aromatic rings. The fourth-order valence-corrected chi connectivity index (χ4v) is 3.51. The van der Waals surface area contributed by atoms with Crippen molar-refractivity contribution >= 4 is 22.7 Å². The van der Waals surface area contributed by atoms with Crippen LogP contribution in [0.25, 0.3) is 10.9 Å². The van der Waals surface area contributed by atoms with E-state index in [0.717, 1.165) is 37.0 Å². The topological polar surface area (TPSA) is 67.1 Å². The van der Waals surface area contributed by atoms with Crippen molar-refractivity contribution in [3.63, 3.8) is 0 Å². The van der Waals surface area contributed by atoms with Crippen molar-refractivity contribution in [1.29, 1.82) is 0 Å². The molecule has 1 aliphatic heterocycles. The Balaban J connectivity index is 1.45. The minimum absolute atomic E-state index is 0.345. The van der Waals surface area contributed by atoms with Gasteiger partial charge in [-0.2, -0.15) is 4.98 Å².